The van der Waals surface area contributed by atoms with E-state index in [0.29, 0.717) is 19.2 Å². The largest absolute Gasteiger partial charge is 0.375 e. The molecule has 1 aliphatic heterocycles. The molecule has 0 bridgehead atoms. The van der Waals surface area contributed by atoms with Crippen molar-refractivity contribution < 1.29 is 9.53 Å². The van der Waals surface area contributed by atoms with Gasteiger partial charge in [0.05, 0.1) is 18.8 Å². The SMILES string of the molecule is CC1CN(C(=O)NC2CCC2)C(C)CO1. The lowest BCUT2D eigenvalue weighted by molar-refractivity contribution is -0.0324. The first-order chi connectivity index (χ1) is 7.16. The minimum Gasteiger partial charge on any atom is -0.375 e. The highest BCUT2D eigenvalue weighted by molar-refractivity contribution is 5.75. The Morgan fingerprint density at radius 1 is 1.40 bits per heavy atom. The van der Waals surface area contributed by atoms with Gasteiger partial charge in [-0.1, -0.05) is 0 Å². The average molecular weight is 212 g/mol. The molecule has 2 aliphatic rings. The Morgan fingerprint density at radius 3 is 2.73 bits per heavy atom. The summed E-state index contributed by atoms with van der Waals surface area (Å²) >= 11 is 0. The smallest absolute Gasteiger partial charge is 0.318 e. The molecule has 1 saturated heterocycles. The first-order valence-corrected chi connectivity index (χ1v) is 5.85. The van der Waals surface area contributed by atoms with Crippen molar-refractivity contribution in [2.45, 2.75) is 51.3 Å². The van der Waals surface area contributed by atoms with Gasteiger partial charge in [-0.3, -0.25) is 0 Å². The van der Waals surface area contributed by atoms with Crippen LogP contribution in [0.4, 0.5) is 4.79 Å². The van der Waals surface area contributed by atoms with Gasteiger partial charge in [-0.25, -0.2) is 4.79 Å². The zero-order valence-electron chi connectivity index (χ0n) is 9.53. The zero-order valence-corrected chi connectivity index (χ0v) is 9.53. The third kappa shape index (κ3) is 2.43. The monoisotopic (exact) mass is 212 g/mol. The number of carbonyl (C=O) groups is 1. The van der Waals surface area contributed by atoms with Crippen LogP contribution in [-0.2, 0) is 4.74 Å². The molecule has 0 aromatic rings. The highest BCUT2D eigenvalue weighted by Gasteiger charge is 2.29. The van der Waals surface area contributed by atoms with Gasteiger partial charge in [0, 0.05) is 12.6 Å². The molecule has 0 spiro atoms. The molecule has 0 aromatic heterocycles. The Labute approximate surface area is 91.0 Å². The maximum absolute atomic E-state index is 11.9. The van der Waals surface area contributed by atoms with Crippen LogP contribution in [0, 0.1) is 0 Å². The molecule has 15 heavy (non-hydrogen) atoms. The Bertz CT molecular complexity index is 241. The highest BCUT2D eigenvalue weighted by atomic mass is 16.5. The van der Waals surface area contributed by atoms with Gasteiger partial charge in [-0.15, -0.1) is 0 Å². The van der Waals surface area contributed by atoms with E-state index in [1.807, 2.05) is 18.7 Å². The maximum Gasteiger partial charge on any atom is 0.318 e. The molecule has 86 valence electrons. The molecule has 2 atom stereocenters. The van der Waals surface area contributed by atoms with E-state index >= 15 is 0 Å². The normalized spacial score (nSPS) is 32.3. The summed E-state index contributed by atoms with van der Waals surface area (Å²) in [4.78, 5) is 13.8. The van der Waals surface area contributed by atoms with Crippen molar-refractivity contribution in [1.82, 2.24) is 10.2 Å². The fourth-order valence-electron chi connectivity index (χ4n) is 2.00. The molecule has 1 N–H and O–H groups in total. The van der Waals surface area contributed by atoms with Crippen LogP contribution in [0.15, 0.2) is 0 Å². The molecular formula is C11H20N2O2. The molecule has 2 amide bonds. The van der Waals surface area contributed by atoms with Crippen molar-refractivity contribution >= 4 is 6.03 Å². The number of amides is 2. The Kier molecular flexibility index (Phi) is 3.14. The van der Waals surface area contributed by atoms with E-state index in [9.17, 15) is 4.79 Å². The molecule has 0 aromatic carbocycles. The predicted molar refractivity (Wildman–Crippen MR) is 57.8 cm³/mol. The summed E-state index contributed by atoms with van der Waals surface area (Å²) in [7, 11) is 0. The van der Waals surface area contributed by atoms with Crippen LogP contribution < -0.4 is 5.32 Å². The third-order valence-electron chi connectivity index (χ3n) is 3.30. The minimum absolute atomic E-state index is 0.0855. The molecule has 2 fully saturated rings. The molecule has 2 rings (SSSR count). The quantitative estimate of drug-likeness (QED) is 0.713. The van der Waals surface area contributed by atoms with Crippen molar-refractivity contribution in [2.75, 3.05) is 13.2 Å². The number of carbonyl (C=O) groups excluding carboxylic acids is 1. The number of morpholine rings is 1. The maximum atomic E-state index is 11.9. The number of nitrogens with zero attached hydrogens (tertiary/aromatic N) is 1. The minimum atomic E-state index is 0.0855. The highest BCUT2D eigenvalue weighted by Crippen LogP contribution is 2.19. The fraction of sp³-hybridized carbons (Fsp3) is 0.909. The predicted octanol–water partition coefficient (Wildman–Crippen LogP) is 1.36. The Morgan fingerprint density at radius 2 is 2.13 bits per heavy atom. The fourth-order valence-corrected chi connectivity index (χ4v) is 2.00. The summed E-state index contributed by atoms with van der Waals surface area (Å²) in [6, 6.07) is 0.700. The van der Waals surface area contributed by atoms with Crippen molar-refractivity contribution in [3.05, 3.63) is 0 Å². The summed E-state index contributed by atoms with van der Waals surface area (Å²) in [5.41, 5.74) is 0. The first-order valence-electron chi connectivity index (χ1n) is 5.85. The molecule has 1 heterocycles. The van der Waals surface area contributed by atoms with Crippen LogP contribution in [0.5, 0.6) is 0 Å². The molecule has 4 nitrogen and oxygen atoms in total. The van der Waals surface area contributed by atoms with Crippen LogP contribution >= 0.6 is 0 Å². The summed E-state index contributed by atoms with van der Waals surface area (Å²) in [6.07, 6.45) is 3.69. The van der Waals surface area contributed by atoms with E-state index < -0.39 is 0 Å². The van der Waals surface area contributed by atoms with Crippen molar-refractivity contribution in [3.63, 3.8) is 0 Å². The van der Waals surface area contributed by atoms with E-state index in [4.69, 9.17) is 4.74 Å². The van der Waals surface area contributed by atoms with Crippen LogP contribution in [0.3, 0.4) is 0 Å². The number of rotatable bonds is 1. The van der Waals surface area contributed by atoms with Crippen LogP contribution in [0.1, 0.15) is 33.1 Å². The summed E-state index contributed by atoms with van der Waals surface area (Å²) in [6.45, 7) is 5.40. The molecule has 2 unspecified atom stereocenters. The molecule has 4 heteroatoms. The van der Waals surface area contributed by atoms with Crippen LogP contribution in [0.2, 0.25) is 0 Å². The van der Waals surface area contributed by atoms with Crippen molar-refractivity contribution in [2.24, 2.45) is 0 Å². The van der Waals surface area contributed by atoms with Gasteiger partial charge in [-0.05, 0) is 33.1 Å². The van der Waals surface area contributed by atoms with Crippen molar-refractivity contribution in [3.8, 4) is 0 Å². The summed E-state index contributed by atoms with van der Waals surface area (Å²) < 4.78 is 5.49. The summed E-state index contributed by atoms with van der Waals surface area (Å²) in [5, 5.41) is 3.07. The zero-order chi connectivity index (χ0) is 10.8. The molecule has 1 saturated carbocycles. The lowest BCUT2D eigenvalue weighted by atomic mass is 9.93. The van der Waals surface area contributed by atoms with Gasteiger partial charge >= 0.3 is 6.03 Å². The molecule has 0 radical (unpaired) electrons. The van der Waals surface area contributed by atoms with Crippen LogP contribution in [0.25, 0.3) is 0 Å². The number of urea groups is 1. The van der Waals surface area contributed by atoms with E-state index in [0.717, 1.165) is 12.8 Å². The number of hydrogen-bond acceptors (Lipinski definition) is 2. The average Bonchev–Trinajstić information content (AvgIpc) is 2.15. The van der Waals surface area contributed by atoms with Gasteiger partial charge in [0.1, 0.15) is 0 Å². The first kappa shape index (κ1) is 10.7. The van der Waals surface area contributed by atoms with Gasteiger partial charge in [0.2, 0.25) is 0 Å². The van der Waals surface area contributed by atoms with Gasteiger partial charge in [-0.2, -0.15) is 0 Å². The van der Waals surface area contributed by atoms with Crippen molar-refractivity contribution in [1.29, 1.82) is 0 Å². The molecular weight excluding hydrogens is 192 g/mol. The van der Waals surface area contributed by atoms with Gasteiger partial charge in [0.15, 0.2) is 0 Å². The Balaban J connectivity index is 1.86. The van der Waals surface area contributed by atoms with Gasteiger partial charge in [0.25, 0.3) is 0 Å². The Hall–Kier alpha value is -0.770. The number of nitrogens with one attached hydrogen (secondary N) is 1. The lowest BCUT2D eigenvalue weighted by Gasteiger charge is -2.38. The number of hydrogen-bond donors (Lipinski definition) is 1. The van der Waals surface area contributed by atoms with E-state index in [1.165, 1.54) is 6.42 Å². The third-order valence-corrected chi connectivity index (χ3v) is 3.30. The lowest BCUT2D eigenvalue weighted by Crippen LogP contribution is -2.56. The van der Waals surface area contributed by atoms with E-state index in [2.05, 4.69) is 5.32 Å². The van der Waals surface area contributed by atoms with Crippen LogP contribution in [-0.4, -0.2) is 42.3 Å². The topological polar surface area (TPSA) is 41.6 Å². The second kappa shape index (κ2) is 4.39. The van der Waals surface area contributed by atoms with Gasteiger partial charge < -0.3 is 15.0 Å². The standard InChI is InChI=1S/C11H20N2O2/c1-8-7-15-9(2)6-13(8)11(14)12-10-4-3-5-10/h8-10H,3-7H2,1-2H3,(H,12,14). The second-order valence-electron chi connectivity index (χ2n) is 4.72. The number of ether oxygens (including phenoxy) is 1. The summed E-state index contributed by atoms with van der Waals surface area (Å²) in [5.74, 6) is 0. The van der Waals surface area contributed by atoms with E-state index in [-0.39, 0.29) is 18.2 Å². The second-order valence-corrected chi connectivity index (χ2v) is 4.72. The van der Waals surface area contributed by atoms with E-state index in [1.54, 1.807) is 0 Å². The molecule has 1 aliphatic carbocycles.